The van der Waals surface area contributed by atoms with Gasteiger partial charge in [-0.05, 0) is 43.2 Å². The largest absolute Gasteiger partial charge is 0.496 e. The molecule has 0 unspecified atom stereocenters. The van der Waals surface area contributed by atoms with Crippen molar-refractivity contribution >= 4 is 33.6 Å². The van der Waals surface area contributed by atoms with Crippen molar-refractivity contribution in [1.29, 1.82) is 0 Å². The van der Waals surface area contributed by atoms with Crippen LogP contribution in [0.2, 0.25) is 0 Å². The lowest BCUT2D eigenvalue weighted by Crippen LogP contribution is -2.24. The van der Waals surface area contributed by atoms with Gasteiger partial charge in [-0.3, -0.25) is 4.79 Å². The summed E-state index contributed by atoms with van der Waals surface area (Å²) in [5, 5.41) is 4.39. The smallest absolute Gasteiger partial charge is 0.254 e. The molecular weight excluding hydrogens is 400 g/mol. The van der Waals surface area contributed by atoms with E-state index in [9.17, 15) is 4.79 Å². The highest BCUT2D eigenvalue weighted by atomic mass is 79.9. The molecule has 132 valence electrons. The summed E-state index contributed by atoms with van der Waals surface area (Å²) < 4.78 is 6.32. The van der Waals surface area contributed by atoms with Crippen LogP contribution in [0, 0.1) is 0 Å². The number of methoxy groups -OCH3 is 1. The number of benzene rings is 1. The van der Waals surface area contributed by atoms with Gasteiger partial charge in [-0.25, -0.2) is 4.98 Å². The van der Waals surface area contributed by atoms with Crippen LogP contribution in [0.1, 0.15) is 41.6 Å². The molecule has 6 heteroatoms. The summed E-state index contributed by atoms with van der Waals surface area (Å²) in [5.74, 6) is 0.658. The molecule has 1 aliphatic rings. The quantitative estimate of drug-likeness (QED) is 0.727. The van der Waals surface area contributed by atoms with Gasteiger partial charge in [-0.2, -0.15) is 0 Å². The van der Waals surface area contributed by atoms with Crippen molar-refractivity contribution in [2.75, 3.05) is 7.11 Å². The minimum atomic E-state index is -0.101. The predicted octanol–water partition coefficient (Wildman–Crippen LogP) is 4.82. The fourth-order valence-electron chi connectivity index (χ4n) is 2.98. The highest BCUT2D eigenvalue weighted by Crippen LogP contribution is 2.35. The van der Waals surface area contributed by atoms with Crippen molar-refractivity contribution in [2.45, 2.75) is 42.5 Å². The Hall–Kier alpha value is -1.53. The van der Waals surface area contributed by atoms with Gasteiger partial charge in [0.2, 0.25) is 0 Å². The molecule has 1 N–H and O–H groups in total. The van der Waals surface area contributed by atoms with Gasteiger partial charge in [0.15, 0.2) is 0 Å². The van der Waals surface area contributed by atoms with Crippen LogP contribution in [0.25, 0.3) is 0 Å². The fraction of sp³-hybridized carbons (Fsp3) is 0.368. The summed E-state index contributed by atoms with van der Waals surface area (Å²) in [6.07, 6.45) is 6.71. The van der Waals surface area contributed by atoms with E-state index in [-0.39, 0.29) is 5.91 Å². The molecule has 3 rings (SSSR count). The van der Waals surface area contributed by atoms with Crippen molar-refractivity contribution in [3.05, 3.63) is 52.1 Å². The fourth-order valence-corrected chi connectivity index (χ4v) is 4.68. The summed E-state index contributed by atoms with van der Waals surface area (Å²) >= 11 is 5.19. The second-order valence-corrected chi connectivity index (χ2v) is 8.22. The third-order valence-corrected chi connectivity index (χ3v) is 6.12. The second kappa shape index (κ2) is 8.72. The van der Waals surface area contributed by atoms with E-state index < -0.39 is 0 Å². The zero-order chi connectivity index (χ0) is 17.6. The number of nitrogens with zero attached hydrogens (tertiary/aromatic N) is 1. The van der Waals surface area contributed by atoms with Crippen molar-refractivity contribution in [3.8, 4) is 5.75 Å². The first-order valence-corrected chi connectivity index (χ1v) is 10.1. The van der Waals surface area contributed by atoms with Crippen LogP contribution in [0.15, 0.2) is 46.0 Å². The molecule has 1 heterocycles. The molecule has 1 aliphatic carbocycles. The van der Waals surface area contributed by atoms with Crippen LogP contribution in [-0.2, 0) is 6.54 Å². The highest BCUT2D eigenvalue weighted by Gasteiger charge is 2.20. The number of thioether (sulfide) groups is 1. The van der Waals surface area contributed by atoms with Crippen LogP contribution in [-0.4, -0.2) is 23.3 Å². The summed E-state index contributed by atoms with van der Waals surface area (Å²) in [5.41, 5.74) is 1.58. The van der Waals surface area contributed by atoms with E-state index in [4.69, 9.17) is 4.74 Å². The summed E-state index contributed by atoms with van der Waals surface area (Å²) in [4.78, 5) is 17.1. The Balaban J connectivity index is 1.70. The first-order chi connectivity index (χ1) is 12.2. The molecule has 1 amide bonds. The van der Waals surface area contributed by atoms with Crippen LogP contribution in [0.4, 0.5) is 0 Å². The Morgan fingerprint density at radius 2 is 2.16 bits per heavy atom. The molecule has 2 aromatic rings. The van der Waals surface area contributed by atoms with Crippen molar-refractivity contribution in [2.24, 2.45) is 0 Å². The average Bonchev–Trinajstić information content (AvgIpc) is 3.13. The first kappa shape index (κ1) is 18.3. The number of amides is 1. The number of nitrogens with one attached hydrogen (secondary N) is 1. The molecule has 1 aromatic carbocycles. The summed E-state index contributed by atoms with van der Waals surface area (Å²) in [6.45, 7) is 0.407. The highest BCUT2D eigenvalue weighted by molar-refractivity contribution is 9.10. The third-order valence-electron chi connectivity index (χ3n) is 4.28. The molecule has 0 bridgehead atoms. The molecule has 0 atom stereocenters. The van der Waals surface area contributed by atoms with E-state index >= 15 is 0 Å². The maximum absolute atomic E-state index is 12.7. The number of hydrogen-bond donors (Lipinski definition) is 1. The SMILES string of the molecule is COc1ccc(Br)cc1CNC(=O)c1cccnc1SC1CCCC1. The molecule has 0 radical (unpaired) electrons. The van der Waals surface area contributed by atoms with Crippen LogP contribution in [0.3, 0.4) is 0 Å². The number of carbonyl (C=O) groups excluding carboxylic acids is 1. The zero-order valence-electron chi connectivity index (χ0n) is 14.1. The van der Waals surface area contributed by atoms with Gasteiger partial charge in [0.05, 0.1) is 12.7 Å². The number of aromatic nitrogens is 1. The summed E-state index contributed by atoms with van der Waals surface area (Å²) in [7, 11) is 1.63. The van der Waals surface area contributed by atoms with E-state index in [0.717, 1.165) is 20.8 Å². The van der Waals surface area contributed by atoms with Gasteiger partial charge in [0.1, 0.15) is 10.8 Å². The topological polar surface area (TPSA) is 51.2 Å². The standard InChI is InChI=1S/C19H21BrN2O2S/c1-24-17-9-8-14(20)11-13(17)12-22-18(23)16-7-4-10-21-19(16)25-15-5-2-3-6-15/h4,7-11,15H,2-3,5-6,12H2,1H3,(H,22,23). The van der Waals surface area contributed by atoms with E-state index in [1.165, 1.54) is 25.7 Å². The van der Waals surface area contributed by atoms with Crippen LogP contribution in [0.5, 0.6) is 5.75 Å². The zero-order valence-corrected chi connectivity index (χ0v) is 16.5. The minimum absolute atomic E-state index is 0.101. The van der Waals surface area contributed by atoms with Crippen molar-refractivity contribution < 1.29 is 9.53 Å². The van der Waals surface area contributed by atoms with Gasteiger partial charge < -0.3 is 10.1 Å². The molecule has 25 heavy (non-hydrogen) atoms. The maximum atomic E-state index is 12.7. The Labute approximate surface area is 160 Å². The monoisotopic (exact) mass is 420 g/mol. The molecular formula is C19H21BrN2O2S. The predicted molar refractivity (Wildman–Crippen MR) is 104 cm³/mol. The number of halogens is 1. The molecule has 1 saturated carbocycles. The molecule has 4 nitrogen and oxygen atoms in total. The third kappa shape index (κ3) is 4.76. The lowest BCUT2D eigenvalue weighted by Gasteiger charge is -2.13. The van der Waals surface area contributed by atoms with Crippen LogP contribution < -0.4 is 10.1 Å². The number of ether oxygens (including phenoxy) is 1. The first-order valence-electron chi connectivity index (χ1n) is 8.39. The van der Waals surface area contributed by atoms with E-state index in [1.54, 1.807) is 25.1 Å². The lowest BCUT2D eigenvalue weighted by atomic mass is 10.2. The van der Waals surface area contributed by atoms with Gasteiger partial charge in [-0.15, -0.1) is 11.8 Å². The number of carbonyl (C=O) groups is 1. The average molecular weight is 421 g/mol. The van der Waals surface area contributed by atoms with Crippen molar-refractivity contribution in [1.82, 2.24) is 10.3 Å². The minimum Gasteiger partial charge on any atom is -0.496 e. The molecule has 0 aliphatic heterocycles. The number of pyridine rings is 1. The molecule has 0 spiro atoms. The lowest BCUT2D eigenvalue weighted by molar-refractivity contribution is 0.0947. The van der Waals surface area contributed by atoms with Gasteiger partial charge in [0, 0.05) is 28.0 Å². The Morgan fingerprint density at radius 3 is 2.92 bits per heavy atom. The van der Waals surface area contributed by atoms with E-state index in [1.807, 2.05) is 30.3 Å². The Morgan fingerprint density at radius 1 is 1.36 bits per heavy atom. The van der Waals surface area contributed by atoms with Crippen molar-refractivity contribution in [3.63, 3.8) is 0 Å². The summed E-state index contributed by atoms with van der Waals surface area (Å²) in [6, 6.07) is 9.42. The van der Waals surface area contributed by atoms with E-state index in [2.05, 4.69) is 26.2 Å². The van der Waals surface area contributed by atoms with E-state index in [0.29, 0.717) is 17.4 Å². The van der Waals surface area contributed by atoms with Gasteiger partial charge in [-0.1, -0.05) is 28.8 Å². The maximum Gasteiger partial charge on any atom is 0.254 e. The molecule has 1 aromatic heterocycles. The normalized spacial score (nSPS) is 14.5. The molecule has 0 saturated heterocycles. The van der Waals surface area contributed by atoms with Crippen LogP contribution >= 0.6 is 27.7 Å². The molecule has 1 fully saturated rings. The van der Waals surface area contributed by atoms with Gasteiger partial charge >= 0.3 is 0 Å². The second-order valence-electron chi connectivity index (χ2n) is 6.02. The number of hydrogen-bond acceptors (Lipinski definition) is 4. The Bertz CT molecular complexity index is 748. The van der Waals surface area contributed by atoms with Gasteiger partial charge in [0.25, 0.3) is 5.91 Å². The number of rotatable bonds is 6. The Kier molecular flexibility index (Phi) is 6.37.